The van der Waals surface area contributed by atoms with Gasteiger partial charge in [-0.2, -0.15) is 5.10 Å². The monoisotopic (exact) mass is 428 g/mol. The van der Waals surface area contributed by atoms with E-state index in [1.165, 1.54) is 6.20 Å². The maximum atomic E-state index is 12.1. The Hall–Kier alpha value is -3.00. The van der Waals surface area contributed by atoms with Crippen LogP contribution in [0.15, 0.2) is 65.5 Å². The number of rotatable bonds is 6. The van der Waals surface area contributed by atoms with Crippen LogP contribution < -0.4 is 5.32 Å². The first-order valence-electron chi connectivity index (χ1n) is 8.21. The van der Waals surface area contributed by atoms with Gasteiger partial charge in [0.15, 0.2) is 12.4 Å². The molecular weight excluding hydrogens is 412 g/mol. The van der Waals surface area contributed by atoms with Crippen molar-refractivity contribution in [1.29, 1.82) is 0 Å². The fourth-order valence-electron chi connectivity index (χ4n) is 2.38. The lowest BCUT2D eigenvalue weighted by Gasteiger charge is -2.14. The smallest absolute Gasteiger partial charge is 0.340 e. The lowest BCUT2D eigenvalue weighted by Crippen LogP contribution is -2.31. The Labute approximate surface area is 164 Å². The van der Waals surface area contributed by atoms with E-state index in [9.17, 15) is 9.59 Å². The number of hydrogen-bond acceptors (Lipinski definition) is 5. The SMILES string of the molecule is CC(NC(=O)COC(=O)c1ccc(-n2cccn2)nc1)c1ccc(Br)cc1. The topological polar surface area (TPSA) is 86.1 Å². The van der Waals surface area contributed by atoms with Gasteiger partial charge in [-0.25, -0.2) is 14.5 Å². The Bertz CT molecular complexity index is 909. The average Bonchev–Trinajstić information content (AvgIpc) is 3.21. The van der Waals surface area contributed by atoms with Crippen LogP contribution in [0.3, 0.4) is 0 Å². The van der Waals surface area contributed by atoms with Gasteiger partial charge < -0.3 is 10.1 Å². The molecule has 0 spiro atoms. The summed E-state index contributed by atoms with van der Waals surface area (Å²) >= 11 is 3.37. The molecule has 0 radical (unpaired) electrons. The number of ether oxygens (including phenoxy) is 1. The molecule has 138 valence electrons. The van der Waals surface area contributed by atoms with E-state index in [-0.39, 0.29) is 24.1 Å². The van der Waals surface area contributed by atoms with Gasteiger partial charge >= 0.3 is 5.97 Å². The molecule has 7 nitrogen and oxygen atoms in total. The van der Waals surface area contributed by atoms with Crippen molar-refractivity contribution in [1.82, 2.24) is 20.1 Å². The van der Waals surface area contributed by atoms with Crippen molar-refractivity contribution in [2.45, 2.75) is 13.0 Å². The lowest BCUT2D eigenvalue weighted by molar-refractivity contribution is -0.124. The summed E-state index contributed by atoms with van der Waals surface area (Å²) in [5, 5.41) is 6.85. The molecule has 0 aliphatic carbocycles. The van der Waals surface area contributed by atoms with Crippen molar-refractivity contribution in [2.75, 3.05) is 6.61 Å². The number of esters is 1. The summed E-state index contributed by atoms with van der Waals surface area (Å²) in [4.78, 5) is 28.2. The molecule has 0 saturated carbocycles. The lowest BCUT2D eigenvalue weighted by atomic mass is 10.1. The van der Waals surface area contributed by atoms with Crippen LogP contribution in [0.25, 0.3) is 5.82 Å². The maximum Gasteiger partial charge on any atom is 0.340 e. The van der Waals surface area contributed by atoms with Crippen LogP contribution in [-0.4, -0.2) is 33.2 Å². The predicted molar refractivity (Wildman–Crippen MR) is 102 cm³/mol. The number of pyridine rings is 1. The van der Waals surface area contributed by atoms with Crippen LogP contribution in [0.2, 0.25) is 0 Å². The standard InChI is InChI=1S/C19H17BrN4O3/c1-13(14-3-6-16(20)7-4-14)23-18(25)12-27-19(26)15-5-8-17(21-11-15)24-10-2-9-22-24/h2-11,13H,12H2,1H3,(H,23,25). The highest BCUT2D eigenvalue weighted by atomic mass is 79.9. The van der Waals surface area contributed by atoms with Gasteiger partial charge in [0.2, 0.25) is 0 Å². The fraction of sp³-hybridized carbons (Fsp3) is 0.158. The third kappa shape index (κ3) is 5.01. The zero-order valence-electron chi connectivity index (χ0n) is 14.5. The molecule has 1 amide bonds. The minimum absolute atomic E-state index is 0.195. The molecule has 8 heteroatoms. The summed E-state index contributed by atoms with van der Waals surface area (Å²) in [5.41, 5.74) is 1.22. The molecule has 1 unspecified atom stereocenters. The Kier molecular flexibility index (Phi) is 5.97. The van der Waals surface area contributed by atoms with Crippen molar-refractivity contribution < 1.29 is 14.3 Å². The molecule has 0 saturated heterocycles. The van der Waals surface area contributed by atoms with Crippen LogP contribution in [0.4, 0.5) is 0 Å². The zero-order valence-corrected chi connectivity index (χ0v) is 16.1. The summed E-state index contributed by atoms with van der Waals surface area (Å²) in [6.45, 7) is 1.50. The Balaban J connectivity index is 1.51. The minimum Gasteiger partial charge on any atom is -0.452 e. The third-order valence-corrected chi connectivity index (χ3v) is 4.33. The molecule has 1 atom stereocenters. The molecular formula is C19H17BrN4O3. The van der Waals surface area contributed by atoms with E-state index in [4.69, 9.17) is 4.74 Å². The van der Waals surface area contributed by atoms with Crippen molar-refractivity contribution in [3.8, 4) is 5.82 Å². The molecule has 3 aromatic rings. The number of carbonyl (C=O) groups is 2. The number of amides is 1. The summed E-state index contributed by atoms with van der Waals surface area (Å²) in [6.07, 6.45) is 4.77. The van der Waals surface area contributed by atoms with Gasteiger partial charge in [0.1, 0.15) is 0 Å². The molecule has 27 heavy (non-hydrogen) atoms. The molecule has 0 fully saturated rings. The first kappa shape index (κ1) is 18.8. The van der Waals surface area contributed by atoms with E-state index in [1.807, 2.05) is 31.2 Å². The van der Waals surface area contributed by atoms with Crippen molar-refractivity contribution in [2.24, 2.45) is 0 Å². The Morgan fingerprint density at radius 3 is 2.63 bits per heavy atom. The summed E-state index contributed by atoms with van der Waals surface area (Å²) in [7, 11) is 0. The second kappa shape index (κ2) is 8.59. The van der Waals surface area contributed by atoms with Crippen LogP contribution in [0.5, 0.6) is 0 Å². The molecule has 0 aliphatic rings. The number of halogens is 1. The zero-order chi connectivity index (χ0) is 19.2. The molecule has 1 aromatic carbocycles. The molecule has 2 aromatic heterocycles. The number of nitrogens with one attached hydrogen (secondary N) is 1. The van der Waals surface area contributed by atoms with Crippen molar-refractivity contribution >= 4 is 27.8 Å². The van der Waals surface area contributed by atoms with Crippen LogP contribution in [0, 0.1) is 0 Å². The highest BCUT2D eigenvalue weighted by Crippen LogP contribution is 2.16. The Morgan fingerprint density at radius 1 is 1.22 bits per heavy atom. The third-order valence-electron chi connectivity index (χ3n) is 3.80. The van der Waals surface area contributed by atoms with Gasteiger partial charge in [-0.1, -0.05) is 28.1 Å². The van der Waals surface area contributed by atoms with Gasteiger partial charge in [0, 0.05) is 23.1 Å². The van der Waals surface area contributed by atoms with Crippen LogP contribution in [0.1, 0.15) is 28.9 Å². The van der Waals surface area contributed by atoms with Gasteiger partial charge in [-0.15, -0.1) is 0 Å². The number of carbonyl (C=O) groups excluding carboxylic acids is 2. The second-order valence-corrected chi connectivity index (χ2v) is 6.69. The van der Waals surface area contributed by atoms with Crippen molar-refractivity contribution in [3.05, 3.63) is 76.7 Å². The van der Waals surface area contributed by atoms with E-state index in [0.29, 0.717) is 5.82 Å². The van der Waals surface area contributed by atoms with Gasteiger partial charge in [-0.3, -0.25) is 4.79 Å². The van der Waals surface area contributed by atoms with Crippen LogP contribution in [-0.2, 0) is 9.53 Å². The number of benzene rings is 1. The highest BCUT2D eigenvalue weighted by Gasteiger charge is 2.14. The predicted octanol–water partition coefficient (Wildman–Crippen LogP) is 3.06. The van der Waals surface area contributed by atoms with Gasteiger partial charge in [0.05, 0.1) is 11.6 Å². The molecule has 2 heterocycles. The summed E-state index contributed by atoms with van der Waals surface area (Å²) in [6, 6.07) is 12.4. The van der Waals surface area contributed by atoms with E-state index in [2.05, 4.69) is 31.3 Å². The van der Waals surface area contributed by atoms with E-state index < -0.39 is 5.97 Å². The summed E-state index contributed by atoms with van der Waals surface area (Å²) in [5.74, 6) is -0.404. The van der Waals surface area contributed by atoms with E-state index in [1.54, 1.807) is 35.3 Å². The largest absolute Gasteiger partial charge is 0.452 e. The number of hydrogen-bond donors (Lipinski definition) is 1. The van der Waals surface area contributed by atoms with Crippen molar-refractivity contribution in [3.63, 3.8) is 0 Å². The maximum absolute atomic E-state index is 12.1. The molecule has 1 N–H and O–H groups in total. The molecule has 0 aliphatic heterocycles. The second-order valence-electron chi connectivity index (χ2n) is 5.77. The Morgan fingerprint density at radius 2 is 2.00 bits per heavy atom. The first-order valence-corrected chi connectivity index (χ1v) is 9.00. The molecule has 0 bridgehead atoms. The normalized spacial score (nSPS) is 11.6. The van der Waals surface area contributed by atoms with Crippen LogP contribution >= 0.6 is 15.9 Å². The first-order chi connectivity index (χ1) is 13.0. The van der Waals surface area contributed by atoms with Gasteiger partial charge in [-0.05, 0) is 42.8 Å². The van der Waals surface area contributed by atoms with Gasteiger partial charge in [0.25, 0.3) is 5.91 Å². The number of nitrogens with zero attached hydrogens (tertiary/aromatic N) is 3. The summed E-state index contributed by atoms with van der Waals surface area (Å²) < 4.78 is 7.59. The fourth-order valence-corrected chi connectivity index (χ4v) is 2.64. The van der Waals surface area contributed by atoms with E-state index >= 15 is 0 Å². The minimum atomic E-state index is -0.610. The number of aromatic nitrogens is 3. The van der Waals surface area contributed by atoms with E-state index in [0.717, 1.165) is 10.0 Å². The average molecular weight is 429 g/mol. The molecule has 3 rings (SSSR count). The quantitative estimate of drug-likeness (QED) is 0.609. The highest BCUT2D eigenvalue weighted by molar-refractivity contribution is 9.10.